The third-order valence-electron chi connectivity index (χ3n) is 5.82. The molecule has 4 rings (SSSR count). The van der Waals surface area contributed by atoms with Crippen molar-refractivity contribution in [3.8, 4) is 11.5 Å². The van der Waals surface area contributed by atoms with Crippen LogP contribution in [0.5, 0.6) is 0 Å². The van der Waals surface area contributed by atoms with Gasteiger partial charge in [0, 0.05) is 37.7 Å². The molecule has 2 aromatic rings. The fourth-order valence-electron chi connectivity index (χ4n) is 4.15. The number of carbonyl (C=O) groups excluding carboxylic acids is 1. The van der Waals surface area contributed by atoms with E-state index in [9.17, 15) is 4.79 Å². The number of aromatic nitrogens is 2. The molecule has 7 heteroatoms. The lowest BCUT2D eigenvalue weighted by atomic mass is 9.95. The van der Waals surface area contributed by atoms with Crippen LogP contribution >= 0.6 is 12.2 Å². The van der Waals surface area contributed by atoms with Crippen LogP contribution in [0, 0.1) is 10.8 Å². The first kappa shape index (κ1) is 19.3. The van der Waals surface area contributed by atoms with E-state index in [4.69, 9.17) is 16.6 Å². The minimum absolute atomic E-state index is 0.166. The van der Waals surface area contributed by atoms with Crippen molar-refractivity contribution < 1.29 is 9.21 Å². The summed E-state index contributed by atoms with van der Waals surface area (Å²) in [5.74, 6) is 1.09. The molecule has 2 aliphatic rings. The Labute approximate surface area is 171 Å². The Bertz CT molecular complexity index is 832. The van der Waals surface area contributed by atoms with Crippen molar-refractivity contribution in [1.82, 2.24) is 19.6 Å². The van der Waals surface area contributed by atoms with Crippen LogP contribution in [-0.4, -0.2) is 51.7 Å². The molecule has 2 fully saturated rings. The highest BCUT2D eigenvalue weighted by molar-refractivity contribution is 7.71. The first-order chi connectivity index (χ1) is 13.7. The summed E-state index contributed by atoms with van der Waals surface area (Å²) in [5, 5.41) is 4.54. The van der Waals surface area contributed by atoms with Crippen LogP contribution < -0.4 is 0 Å². The molecule has 150 valence electrons. The predicted molar refractivity (Wildman–Crippen MR) is 110 cm³/mol. The summed E-state index contributed by atoms with van der Waals surface area (Å²) in [5.41, 5.74) is 0.925. The summed E-state index contributed by atoms with van der Waals surface area (Å²) in [4.78, 5) is 17.6. The van der Waals surface area contributed by atoms with Crippen LogP contribution in [0.1, 0.15) is 38.5 Å². The van der Waals surface area contributed by atoms with Gasteiger partial charge in [0.2, 0.25) is 11.8 Å². The van der Waals surface area contributed by atoms with Gasteiger partial charge in [0.05, 0.1) is 6.67 Å². The van der Waals surface area contributed by atoms with Crippen molar-refractivity contribution in [2.75, 3.05) is 26.2 Å². The number of amides is 1. The number of hydrogen-bond acceptors (Lipinski definition) is 5. The van der Waals surface area contributed by atoms with Gasteiger partial charge in [0.15, 0.2) is 0 Å². The van der Waals surface area contributed by atoms with Gasteiger partial charge in [-0.05, 0) is 50.0 Å². The van der Waals surface area contributed by atoms with Crippen molar-refractivity contribution in [2.45, 2.75) is 45.2 Å². The van der Waals surface area contributed by atoms with Crippen molar-refractivity contribution in [3.63, 3.8) is 0 Å². The first-order valence-electron chi connectivity index (χ1n) is 10.4. The van der Waals surface area contributed by atoms with Crippen molar-refractivity contribution in [3.05, 3.63) is 35.2 Å². The fourth-order valence-corrected chi connectivity index (χ4v) is 4.33. The number of hydrogen-bond donors (Lipinski definition) is 0. The average molecular weight is 401 g/mol. The SMILES string of the molecule is O=C(C1CCN(Cn2nc(-c3ccccc3)oc2=S)CC1)N1CCCCCC1. The zero-order chi connectivity index (χ0) is 19.3. The Kier molecular flexibility index (Phi) is 6.22. The van der Waals surface area contributed by atoms with E-state index in [0.29, 0.717) is 23.3 Å². The summed E-state index contributed by atoms with van der Waals surface area (Å²) in [6, 6.07) is 9.81. The van der Waals surface area contributed by atoms with Crippen LogP contribution in [0.2, 0.25) is 0 Å². The highest BCUT2D eigenvalue weighted by Crippen LogP contribution is 2.23. The highest BCUT2D eigenvalue weighted by atomic mass is 32.1. The maximum atomic E-state index is 12.8. The minimum atomic E-state index is 0.166. The topological polar surface area (TPSA) is 54.5 Å². The van der Waals surface area contributed by atoms with Gasteiger partial charge in [-0.3, -0.25) is 9.69 Å². The van der Waals surface area contributed by atoms with Gasteiger partial charge < -0.3 is 9.32 Å². The molecule has 0 bridgehead atoms. The van der Waals surface area contributed by atoms with E-state index in [0.717, 1.165) is 57.4 Å². The number of likely N-dealkylation sites (tertiary alicyclic amines) is 2. The quantitative estimate of drug-likeness (QED) is 0.728. The van der Waals surface area contributed by atoms with Gasteiger partial charge in [0.25, 0.3) is 4.84 Å². The molecule has 1 amide bonds. The van der Waals surface area contributed by atoms with Gasteiger partial charge in [-0.25, -0.2) is 4.68 Å². The molecule has 0 saturated carbocycles. The molecule has 1 aromatic carbocycles. The average Bonchev–Trinajstić information content (AvgIpc) is 2.93. The van der Waals surface area contributed by atoms with Gasteiger partial charge in [-0.2, -0.15) is 0 Å². The molecule has 0 N–H and O–H groups in total. The van der Waals surface area contributed by atoms with E-state index < -0.39 is 0 Å². The molecule has 0 aliphatic carbocycles. The second kappa shape index (κ2) is 9.01. The van der Waals surface area contributed by atoms with E-state index in [-0.39, 0.29) is 5.92 Å². The van der Waals surface area contributed by atoms with Crippen molar-refractivity contribution in [1.29, 1.82) is 0 Å². The van der Waals surface area contributed by atoms with Gasteiger partial charge in [-0.15, -0.1) is 5.10 Å². The van der Waals surface area contributed by atoms with Crippen LogP contribution in [0.4, 0.5) is 0 Å². The van der Waals surface area contributed by atoms with E-state index in [2.05, 4.69) is 14.9 Å². The monoisotopic (exact) mass is 400 g/mol. The van der Waals surface area contributed by atoms with Crippen LogP contribution in [0.3, 0.4) is 0 Å². The predicted octanol–water partition coefficient (Wildman–Crippen LogP) is 3.94. The molecule has 0 radical (unpaired) electrons. The van der Waals surface area contributed by atoms with Crippen LogP contribution in [-0.2, 0) is 11.5 Å². The number of benzene rings is 1. The van der Waals surface area contributed by atoms with Crippen LogP contribution in [0.15, 0.2) is 34.7 Å². The van der Waals surface area contributed by atoms with E-state index in [1.165, 1.54) is 12.8 Å². The Balaban J connectivity index is 1.33. The molecule has 6 nitrogen and oxygen atoms in total. The molecule has 0 unspecified atom stereocenters. The lowest BCUT2D eigenvalue weighted by molar-refractivity contribution is -0.137. The summed E-state index contributed by atoms with van der Waals surface area (Å²) >= 11 is 5.35. The number of carbonyl (C=O) groups is 1. The Morgan fingerprint density at radius 2 is 1.71 bits per heavy atom. The van der Waals surface area contributed by atoms with E-state index in [1.807, 2.05) is 30.3 Å². The maximum Gasteiger partial charge on any atom is 0.288 e. The van der Waals surface area contributed by atoms with Gasteiger partial charge in [0.1, 0.15) is 0 Å². The Morgan fingerprint density at radius 1 is 1.04 bits per heavy atom. The van der Waals surface area contributed by atoms with Gasteiger partial charge >= 0.3 is 0 Å². The summed E-state index contributed by atoms with van der Waals surface area (Å²) in [6.07, 6.45) is 6.63. The van der Waals surface area contributed by atoms with Crippen LogP contribution in [0.25, 0.3) is 11.5 Å². The Morgan fingerprint density at radius 3 is 2.39 bits per heavy atom. The minimum Gasteiger partial charge on any atom is -0.409 e. The normalized spacial score (nSPS) is 19.5. The Hall–Kier alpha value is -1.99. The highest BCUT2D eigenvalue weighted by Gasteiger charge is 2.29. The zero-order valence-corrected chi connectivity index (χ0v) is 17.1. The van der Waals surface area contributed by atoms with E-state index in [1.54, 1.807) is 4.68 Å². The summed E-state index contributed by atoms with van der Waals surface area (Å²) in [6.45, 7) is 4.27. The standard InChI is InChI=1S/C21H28N4O2S/c26-20(24-12-6-1-2-7-13-24)18-10-14-23(15-11-18)16-25-21(28)27-19(22-25)17-8-4-3-5-9-17/h3-5,8-9,18H,1-2,6-7,10-16H2. The molecule has 0 atom stereocenters. The lowest BCUT2D eigenvalue weighted by Gasteiger charge is -2.33. The number of rotatable bonds is 4. The maximum absolute atomic E-state index is 12.8. The molecule has 28 heavy (non-hydrogen) atoms. The molecular weight excluding hydrogens is 372 g/mol. The second-order valence-corrected chi connectivity index (χ2v) is 8.16. The second-order valence-electron chi connectivity index (χ2n) is 7.81. The zero-order valence-electron chi connectivity index (χ0n) is 16.3. The first-order valence-corrected chi connectivity index (χ1v) is 10.8. The molecule has 1 aromatic heterocycles. The molecule has 0 spiro atoms. The fraction of sp³-hybridized carbons (Fsp3) is 0.571. The third kappa shape index (κ3) is 4.52. The van der Waals surface area contributed by atoms with Crippen molar-refractivity contribution >= 4 is 18.1 Å². The molecule has 2 aliphatic heterocycles. The molecule has 2 saturated heterocycles. The summed E-state index contributed by atoms with van der Waals surface area (Å²) in [7, 11) is 0. The smallest absolute Gasteiger partial charge is 0.288 e. The largest absolute Gasteiger partial charge is 0.409 e. The van der Waals surface area contributed by atoms with E-state index >= 15 is 0 Å². The third-order valence-corrected chi connectivity index (χ3v) is 6.11. The molecular formula is C21H28N4O2S. The van der Waals surface area contributed by atoms with Crippen molar-refractivity contribution in [2.24, 2.45) is 5.92 Å². The summed E-state index contributed by atoms with van der Waals surface area (Å²) < 4.78 is 7.42. The number of piperidine rings is 1. The lowest BCUT2D eigenvalue weighted by Crippen LogP contribution is -2.43. The van der Waals surface area contributed by atoms with Gasteiger partial charge in [-0.1, -0.05) is 31.0 Å². The number of nitrogens with zero attached hydrogens (tertiary/aromatic N) is 4. The molecule has 3 heterocycles.